The number of carbonyl (C=O) groups is 2. The highest BCUT2D eigenvalue weighted by Gasteiger charge is 2.22. The zero-order chi connectivity index (χ0) is 17.9. The van der Waals surface area contributed by atoms with Crippen LogP contribution in [0, 0.1) is 0 Å². The van der Waals surface area contributed by atoms with Gasteiger partial charge in [-0.3, -0.25) is 24.1 Å². The summed E-state index contributed by atoms with van der Waals surface area (Å²) >= 11 is 0.813. The number of carbonyl (C=O) groups excluding carboxylic acids is 2. The van der Waals surface area contributed by atoms with Gasteiger partial charge in [0.25, 0.3) is 5.91 Å². The average Bonchev–Trinajstić information content (AvgIpc) is 3.06. The van der Waals surface area contributed by atoms with Crippen LogP contribution in [-0.2, 0) is 0 Å². The van der Waals surface area contributed by atoms with E-state index in [1.165, 1.54) is 41.7 Å². The molecular formula is C17H10N6O2S. The lowest BCUT2D eigenvalue weighted by Crippen LogP contribution is -2.15. The van der Waals surface area contributed by atoms with Gasteiger partial charge in [-0.25, -0.2) is 15.0 Å². The minimum absolute atomic E-state index is 0.157. The van der Waals surface area contributed by atoms with Crippen molar-refractivity contribution in [1.82, 2.24) is 29.5 Å². The zero-order valence-corrected chi connectivity index (χ0v) is 14.0. The van der Waals surface area contributed by atoms with Gasteiger partial charge in [0.1, 0.15) is 11.4 Å². The SMILES string of the molecule is O=C(Sc1nc2ccccc2n1C(=O)c1cnccn1)c1cnccn1. The van der Waals surface area contributed by atoms with Crippen molar-refractivity contribution in [3.63, 3.8) is 0 Å². The molecule has 0 atom stereocenters. The van der Waals surface area contributed by atoms with Crippen LogP contribution in [0.2, 0.25) is 0 Å². The Balaban J connectivity index is 1.80. The molecule has 0 amide bonds. The molecule has 0 saturated heterocycles. The van der Waals surface area contributed by atoms with Crippen molar-refractivity contribution in [2.45, 2.75) is 5.16 Å². The molecular weight excluding hydrogens is 352 g/mol. The number of benzene rings is 1. The number of hydrogen-bond acceptors (Lipinski definition) is 8. The highest BCUT2D eigenvalue weighted by atomic mass is 32.2. The van der Waals surface area contributed by atoms with Crippen LogP contribution in [0.1, 0.15) is 21.0 Å². The first kappa shape index (κ1) is 16.0. The van der Waals surface area contributed by atoms with Gasteiger partial charge >= 0.3 is 0 Å². The molecule has 0 aliphatic carbocycles. The molecule has 8 nitrogen and oxygen atoms in total. The van der Waals surface area contributed by atoms with Crippen LogP contribution < -0.4 is 0 Å². The van der Waals surface area contributed by atoms with E-state index < -0.39 is 5.91 Å². The highest BCUT2D eigenvalue weighted by molar-refractivity contribution is 8.14. The molecule has 0 bridgehead atoms. The van der Waals surface area contributed by atoms with Crippen molar-refractivity contribution in [3.05, 3.63) is 72.8 Å². The molecule has 3 aromatic heterocycles. The van der Waals surface area contributed by atoms with Gasteiger partial charge in [0.15, 0.2) is 5.16 Å². The Morgan fingerprint density at radius 2 is 1.58 bits per heavy atom. The third-order valence-electron chi connectivity index (χ3n) is 3.47. The molecule has 0 N–H and O–H groups in total. The molecule has 26 heavy (non-hydrogen) atoms. The predicted molar refractivity (Wildman–Crippen MR) is 93.7 cm³/mol. The number of fused-ring (bicyclic) bond motifs is 1. The summed E-state index contributed by atoms with van der Waals surface area (Å²) < 4.78 is 1.36. The summed E-state index contributed by atoms with van der Waals surface area (Å²) in [6, 6.07) is 7.13. The lowest BCUT2D eigenvalue weighted by molar-refractivity contribution is 0.0949. The van der Waals surface area contributed by atoms with E-state index in [0.29, 0.717) is 11.0 Å². The van der Waals surface area contributed by atoms with Crippen LogP contribution in [-0.4, -0.2) is 40.5 Å². The quantitative estimate of drug-likeness (QED) is 0.511. The van der Waals surface area contributed by atoms with Gasteiger partial charge < -0.3 is 0 Å². The molecule has 126 valence electrons. The van der Waals surface area contributed by atoms with Gasteiger partial charge in [-0.15, -0.1) is 0 Å². The summed E-state index contributed by atoms with van der Waals surface area (Å²) in [6.45, 7) is 0. The fraction of sp³-hybridized carbons (Fsp3) is 0. The minimum Gasteiger partial charge on any atom is -0.279 e. The lowest BCUT2D eigenvalue weighted by atomic mass is 10.3. The third kappa shape index (κ3) is 2.95. The molecule has 4 aromatic rings. The average molecular weight is 362 g/mol. The number of imidazole rings is 1. The smallest absolute Gasteiger partial charge is 0.279 e. The van der Waals surface area contributed by atoms with Crippen LogP contribution in [0.4, 0.5) is 0 Å². The van der Waals surface area contributed by atoms with E-state index in [2.05, 4.69) is 24.9 Å². The summed E-state index contributed by atoms with van der Waals surface area (Å²) in [5.41, 5.74) is 1.52. The summed E-state index contributed by atoms with van der Waals surface area (Å²) in [6.07, 6.45) is 8.57. The normalized spacial score (nSPS) is 10.8. The third-order valence-corrected chi connectivity index (χ3v) is 4.32. The van der Waals surface area contributed by atoms with Crippen molar-refractivity contribution in [3.8, 4) is 0 Å². The number of aromatic nitrogens is 6. The first-order valence-corrected chi connectivity index (χ1v) is 8.32. The van der Waals surface area contributed by atoms with Crippen molar-refractivity contribution in [2.75, 3.05) is 0 Å². The van der Waals surface area contributed by atoms with Gasteiger partial charge in [0.2, 0.25) is 5.12 Å². The number of nitrogens with zero attached hydrogens (tertiary/aromatic N) is 6. The van der Waals surface area contributed by atoms with Gasteiger partial charge in [-0.1, -0.05) is 12.1 Å². The fourth-order valence-electron chi connectivity index (χ4n) is 2.33. The maximum absolute atomic E-state index is 12.9. The Morgan fingerprint density at radius 1 is 0.885 bits per heavy atom. The monoisotopic (exact) mass is 362 g/mol. The molecule has 0 saturated carbocycles. The van der Waals surface area contributed by atoms with E-state index in [-0.39, 0.29) is 21.7 Å². The summed E-state index contributed by atoms with van der Waals surface area (Å²) in [5.74, 6) is -0.416. The van der Waals surface area contributed by atoms with Crippen molar-refractivity contribution in [1.29, 1.82) is 0 Å². The van der Waals surface area contributed by atoms with Crippen LogP contribution >= 0.6 is 11.8 Å². The Morgan fingerprint density at radius 3 is 2.27 bits per heavy atom. The number of rotatable bonds is 3. The first-order valence-electron chi connectivity index (χ1n) is 7.50. The summed E-state index contributed by atoms with van der Waals surface area (Å²) in [4.78, 5) is 45.6. The van der Waals surface area contributed by atoms with E-state index in [1.807, 2.05) is 6.07 Å². The van der Waals surface area contributed by atoms with Crippen molar-refractivity contribution in [2.24, 2.45) is 0 Å². The number of hydrogen-bond donors (Lipinski definition) is 0. The molecule has 0 spiro atoms. The van der Waals surface area contributed by atoms with Gasteiger partial charge in [-0.2, -0.15) is 0 Å². The lowest BCUT2D eigenvalue weighted by Gasteiger charge is -2.06. The van der Waals surface area contributed by atoms with E-state index in [1.54, 1.807) is 18.2 Å². The van der Waals surface area contributed by atoms with Crippen molar-refractivity contribution >= 4 is 33.8 Å². The molecule has 9 heteroatoms. The van der Waals surface area contributed by atoms with Crippen LogP contribution in [0.25, 0.3) is 11.0 Å². The van der Waals surface area contributed by atoms with E-state index in [4.69, 9.17) is 0 Å². The second-order valence-corrected chi connectivity index (χ2v) is 6.03. The van der Waals surface area contributed by atoms with Crippen LogP contribution in [0.3, 0.4) is 0 Å². The van der Waals surface area contributed by atoms with Gasteiger partial charge in [-0.05, 0) is 23.9 Å². The largest absolute Gasteiger partial charge is 0.284 e. The Labute approximate surface area is 151 Å². The molecule has 3 heterocycles. The van der Waals surface area contributed by atoms with Crippen molar-refractivity contribution < 1.29 is 9.59 Å². The molecule has 0 fully saturated rings. The summed E-state index contributed by atoms with van der Waals surface area (Å²) in [7, 11) is 0. The predicted octanol–water partition coefficient (Wildman–Crippen LogP) is 2.24. The molecule has 1 aromatic carbocycles. The molecule has 0 aliphatic rings. The van der Waals surface area contributed by atoms with E-state index >= 15 is 0 Å². The second-order valence-electron chi connectivity index (χ2n) is 5.09. The zero-order valence-electron chi connectivity index (χ0n) is 13.2. The van der Waals surface area contributed by atoms with E-state index in [0.717, 1.165) is 11.8 Å². The van der Waals surface area contributed by atoms with Crippen LogP contribution in [0.15, 0.2) is 66.6 Å². The maximum atomic E-state index is 12.9. The Bertz CT molecular complexity index is 1100. The molecule has 4 rings (SSSR count). The topological polar surface area (TPSA) is 104 Å². The standard InChI is InChI=1S/C17H10N6O2S/c24-15(12-9-18-5-7-20-12)23-14-4-2-1-3-11(14)22-17(23)26-16(25)13-10-19-6-8-21-13/h1-10H. The first-order chi connectivity index (χ1) is 12.7. The Hall–Kier alpha value is -3.46. The van der Waals surface area contributed by atoms with Crippen LogP contribution in [0.5, 0.6) is 0 Å². The van der Waals surface area contributed by atoms with E-state index in [9.17, 15) is 9.59 Å². The number of para-hydroxylation sites is 2. The Kier molecular flexibility index (Phi) is 4.20. The molecule has 0 aliphatic heterocycles. The minimum atomic E-state index is -0.416. The molecule has 0 unspecified atom stereocenters. The maximum Gasteiger partial charge on any atom is 0.284 e. The highest BCUT2D eigenvalue weighted by Crippen LogP contribution is 2.27. The van der Waals surface area contributed by atoms with Gasteiger partial charge in [0.05, 0.1) is 23.4 Å². The number of thioether (sulfide) groups is 1. The fourth-order valence-corrected chi connectivity index (χ4v) is 3.12. The molecule has 0 radical (unpaired) electrons. The second kappa shape index (κ2) is 6.81. The summed E-state index contributed by atoms with van der Waals surface area (Å²) in [5, 5.41) is -0.126. The van der Waals surface area contributed by atoms with Gasteiger partial charge in [0, 0.05) is 24.8 Å².